The lowest BCUT2D eigenvalue weighted by molar-refractivity contribution is 0.0998. The van der Waals surface area contributed by atoms with Gasteiger partial charge in [0.05, 0.1) is 12.1 Å². The number of aryl methyl sites for hydroxylation is 1. The largest absolute Gasteiger partial charge is 0.504 e. The second-order valence-corrected chi connectivity index (χ2v) is 4.09. The van der Waals surface area contributed by atoms with Crippen molar-refractivity contribution in [3.63, 3.8) is 0 Å². The van der Waals surface area contributed by atoms with Gasteiger partial charge in [-0.05, 0) is 37.3 Å². The Hall–Kier alpha value is -1.55. The van der Waals surface area contributed by atoms with Crippen molar-refractivity contribution in [3.05, 3.63) is 22.8 Å². The highest BCUT2D eigenvalue weighted by molar-refractivity contribution is 6.01. The molecule has 86 valence electrons. The minimum atomic E-state index is -0.346. The maximum atomic E-state index is 11.5. The van der Waals surface area contributed by atoms with Crippen LogP contribution >= 0.6 is 0 Å². The highest BCUT2D eigenvalue weighted by atomic mass is 16.3. The predicted molar refractivity (Wildman–Crippen MR) is 59.8 cm³/mol. The summed E-state index contributed by atoms with van der Waals surface area (Å²) in [6.45, 7) is -0.161. The quantitative estimate of drug-likeness (QED) is 0.516. The Kier molecular flexibility index (Phi) is 2.83. The first-order chi connectivity index (χ1) is 7.65. The third-order valence-electron chi connectivity index (χ3n) is 3.08. The lowest BCUT2D eigenvalue weighted by atomic mass is 9.88. The molecule has 0 saturated heterocycles. The van der Waals surface area contributed by atoms with Crippen LogP contribution in [-0.2, 0) is 12.8 Å². The number of aromatic hydroxyl groups is 2. The predicted octanol–water partition coefficient (Wildman–Crippen LogP) is 1.12. The number of ketones is 1. The number of hydrogen-bond acceptors (Lipinski definition) is 4. The molecule has 4 heteroatoms. The van der Waals surface area contributed by atoms with Crippen LogP contribution in [0.5, 0.6) is 11.5 Å². The van der Waals surface area contributed by atoms with E-state index in [1.807, 2.05) is 0 Å². The van der Waals surface area contributed by atoms with Gasteiger partial charge < -0.3 is 15.9 Å². The number of phenolic OH excluding ortho intramolecular Hbond substituents is 2. The van der Waals surface area contributed by atoms with Crippen LogP contribution in [0.2, 0.25) is 0 Å². The molecule has 0 fully saturated rings. The molecule has 1 aromatic carbocycles. The van der Waals surface area contributed by atoms with E-state index in [4.69, 9.17) is 5.73 Å². The molecule has 0 saturated carbocycles. The van der Waals surface area contributed by atoms with Gasteiger partial charge in [0.25, 0.3) is 0 Å². The molecule has 0 aromatic heterocycles. The van der Waals surface area contributed by atoms with Crippen molar-refractivity contribution in [2.24, 2.45) is 5.73 Å². The van der Waals surface area contributed by atoms with Crippen LogP contribution in [-0.4, -0.2) is 22.5 Å². The molecule has 1 aromatic rings. The average molecular weight is 221 g/mol. The minimum absolute atomic E-state index is 0.139. The van der Waals surface area contributed by atoms with Crippen LogP contribution in [0.4, 0.5) is 0 Å². The summed E-state index contributed by atoms with van der Waals surface area (Å²) < 4.78 is 0. The summed E-state index contributed by atoms with van der Waals surface area (Å²) in [5.74, 6) is -0.814. The van der Waals surface area contributed by atoms with Gasteiger partial charge in [-0.25, -0.2) is 0 Å². The fourth-order valence-electron chi connectivity index (χ4n) is 2.19. The molecular formula is C12H15NO3. The van der Waals surface area contributed by atoms with Crippen molar-refractivity contribution in [3.8, 4) is 11.5 Å². The van der Waals surface area contributed by atoms with Gasteiger partial charge in [-0.3, -0.25) is 4.79 Å². The molecule has 0 amide bonds. The summed E-state index contributed by atoms with van der Waals surface area (Å²) in [7, 11) is 0. The van der Waals surface area contributed by atoms with Crippen molar-refractivity contribution in [2.45, 2.75) is 25.7 Å². The van der Waals surface area contributed by atoms with E-state index >= 15 is 0 Å². The second-order valence-electron chi connectivity index (χ2n) is 4.09. The van der Waals surface area contributed by atoms with E-state index in [1.165, 1.54) is 0 Å². The normalized spacial score (nSPS) is 14.6. The molecule has 0 radical (unpaired) electrons. The molecule has 0 spiro atoms. The summed E-state index contributed by atoms with van der Waals surface area (Å²) in [6.07, 6.45) is 3.65. The first kappa shape index (κ1) is 11.0. The Morgan fingerprint density at radius 2 is 1.94 bits per heavy atom. The van der Waals surface area contributed by atoms with Crippen LogP contribution in [0, 0.1) is 0 Å². The van der Waals surface area contributed by atoms with Crippen LogP contribution in [0.3, 0.4) is 0 Å². The monoisotopic (exact) mass is 221 g/mol. The Morgan fingerprint density at radius 3 is 2.62 bits per heavy atom. The number of fused-ring (bicyclic) bond motifs is 1. The topological polar surface area (TPSA) is 83.6 Å². The van der Waals surface area contributed by atoms with E-state index in [9.17, 15) is 15.0 Å². The molecule has 1 aliphatic rings. The van der Waals surface area contributed by atoms with Crippen LogP contribution in [0.15, 0.2) is 6.07 Å². The maximum Gasteiger partial charge on any atom is 0.180 e. The van der Waals surface area contributed by atoms with Gasteiger partial charge >= 0.3 is 0 Å². The summed E-state index contributed by atoms with van der Waals surface area (Å²) >= 11 is 0. The Morgan fingerprint density at radius 1 is 1.25 bits per heavy atom. The Balaban J connectivity index is 2.57. The second kappa shape index (κ2) is 4.14. The zero-order chi connectivity index (χ0) is 11.7. The lowest BCUT2D eigenvalue weighted by Crippen LogP contribution is -2.15. The number of nitrogens with two attached hydrogens (primary N) is 1. The van der Waals surface area contributed by atoms with Gasteiger partial charge in [0, 0.05) is 5.56 Å². The van der Waals surface area contributed by atoms with Crippen LogP contribution in [0.25, 0.3) is 0 Å². The van der Waals surface area contributed by atoms with E-state index in [0.717, 1.165) is 36.8 Å². The fraction of sp³-hybridized carbons (Fsp3) is 0.417. The Labute approximate surface area is 93.7 Å². The van der Waals surface area contributed by atoms with Gasteiger partial charge in [0.1, 0.15) is 0 Å². The number of phenols is 2. The van der Waals surface area contributed by atoms with E-state index in [-0.39, 0.29) is 29.4 Å². The first-order valence-electron chi connectivity index (χ1n) is 5.45. The van der Waals surface area contributed by atoms with E-state index in [1.54, 1.807) is 6.07 Å². The van der Waals surface area contributed by atoms with E-state index < -0.39 is 0 Å². The zero-order valence-corrected chi connectivity index (χ0v) is 8.99. The third kappa shape index (κ3) is 1.65. The minimum Gasteiger partial charge on any atom is -0.504 e. The molecule has 0 bridgehead atoms. The maximum absolute atomic E-state index is 11.5. The van der Waals surface area contributed by atoms with Crippen LogP contribution < -0.4 is 5.73 Å². The fourth-order valence-corrected chi connectivity index (χ4v) is 2.19. The lowest BCUT2D eigenvalue weighted by Gasteiger charge is -2.19. The molecule has 4 N–H and O–H groups in total. The molecule has 0 atom stereocenters. The van der Waals surface area contributed by atoms with Gasteiger partial charge in [-0.1, -0.05) is 0 Å². The van der Waals surface area contributed by atoms with Crippen molar-refractivity contribution in [1.82, 2.24) is 0 Å². The molecule has 0 aliphatic heterocycles. The standard InChI is InChI=1S/C12H15NO3/c13-6-10(14)9-5-7-3-1-2-4-8(7)11(15)12(9)16/h5,15-16H,1-4,6,13H2. The van der Waals surface area contributed by atoms with Crippen molar-refractivity contribution < 1.29 is 15.0 Å². The number of carbonyl (C=O) groups is 1. The molecule has 1 aliphatic carbocycles. The average Bonchev–Trinajstić information content (AvgIpc) is 2.33. The number of rotatable bonds is 2. The van der Waals surface area contributed by atoms with Crippen LogP contribution in [0.1, 0.15) is 34.3 Å². The summed E-state index contributed by atoms with van der Waals surface area (Å²) in [5.41, 5.74) is 7.13. The summed E-state index contributed by atoms with van der Waals surface area (Å²) in [4.78, 5) is 11.5. The van der Waals surface area contributed by atoms with Crippen molar-refractivity contribution >= 4 is 5.78 Å². The number of Topliss-reactive ketones (excluding diaryl/α,β-unsaturated/α-hetero) is 1. The van der Waals surface area contributed by atoms with Crippen molar-refractivity contribution in [1.29, 1.82) is 0 Å². The number of hydrogen-bond donors (Lipinski definition) is 3. The van der Waals surface area contributed by atoms with Gasteiger partial charge in [0.2, 0.25) is 0 Å². The molecule has 16 heavy (non-hydrogen) atoms. The number of carbonyl (C=O) groups excluding carboxylic acids is 1. The van der Waals surface area contributed by atoms with Gasteiger partial charge in [-0.2, -0.15) is 0 Å². The number of benzene rings is 1. The van der Waals surface area contributed by atoms with Gasteiger partial charge in [-0.15, -0.1) is 0 Å². The highest BCUT2D eigenvalue weighted by Crippen LogP contribution is 2.38. The molecule has 0 unspecified atom stereocenters. The SMILES string of the molecule is NCC(=O)c1cc2c(c(O)c1O)CCCC2. The van der Waals surface area contributed by atoms with E-state index in [2.05, 4.69) is 0 Å². The van der Waals surface area contributed by atoms with Crippen molar-refractivity contribution in [2.75, 3.05) is 6.54 Å². The molecular weight excluding hydrogens is 206 g/mol. The first-order valence-corrected chi connectivity index (χ1v) is 5.45. The highest BCUT2D eigenvalue weighted by Gasteiger charge is 2.21. The molecule has 0 heterocycles. The molecule has 2 rings (SSSR count). The Bertz CT molecular complexity index is 440. The third-order valence-corrected chi connectivity index (χ3v) is 3.08. The summed E-state index contributed by atoms with van der Waals surface area (Å²) in [6, 6.07) is 1.67. The van der Waals surface area contributed by atoms with E-state index in [0.29, 0.717) is 0 Å². The molecule has 4 nitrogen and oxygen atoms in total. The zero-order valence-electron chi connectivity index (χ0n) is 8.99. The van der Waals surface area contributed by atoms with Gasteiger partial charge in [0.15, 0.2) is 17.3 Å². The smallest absolute Gasteiger partial charge is 0.180 e. The summed E-state index contributed by atoms with van der Waals surface area (Å²) in [5, 5.41) is 19.6.